The molecule has 3 heteroatoms. The van der Waals surface area contributed by atoms with E-state index < -0.39 is 12.1 Å². The van der Waals surface area contributed by atoms with Crippen LogP contribution < -0.4 is 26.2 Å². The van der Waals surface area contributed by atoms with E-state index in [1.54, 1.807) is 0 Å². The zero-order valence-corrected chi connectivity index (χ0v) is 49.8. The summed E-state index contributed by atoms with van der Waals surface area (Å²) in [5.74, 6) is 0. The van der Waals surface area contributed by atoms with Crippen molar-refractivity contribution in [3.8, 4) is 66.8 Å². The molecule has 0 N–H and O–H groups in total. The van der Waals surface area contributed by atoms with Gasteiger partial charge in [0, 0.05) is 45.0 Å². The molecule has 418 valence electrons. The Labute approximate surface area is 523 Å². The van der Waals surface area contributed by atoms with Gasteiger partial charge >= 0.3 is 0 Å². The van der Waals surface area contributed by atoms with E-state index in [1.807, 2.05) is 0 Å². The fourth-order valence-corrected chi connectivity index (χ4v) is 14.4. The largest absolute Gasteiger partial charge is 0.310 e. The van der Waals surface area contributed by atoms with E-state index in [9.17, 15) is 2.74 Å². The molecule has 0 radical (unpaired) electrons. The highest BCUT2D eigenvalue weighted by molar-refractivity contribution is 7.00. The maximum Gasteiger partial charge on any atom is 0.252 e. The topological polar surface area (TPSA) is 6.48 Å². The third-order valence-electron chi connectivity index (χ3n) is 18.7. The molecular weight excluding hydrogens is 1070 g/mol. The van der Waals surface area contributed by atoms with Gasteiger partial charge in [0.05, 0.1) is 14.1 Å². The van der Waals surface area contributed by atoms with Crippen molar-refractivity contribution < 1.29 is 2.74 Å². The Morgan fingerprint density at radius 2 is 0.618 bits per heavy atom. The van der Waals surface area contributed by atoms with E-state index in [0.29, 0.717) is 17.6 Å². The first-order valence-corrected chi connectivity index (χ1v) is 31.0. The van der Waals surface area contributed by atoms with Gasteiger partial charge in [-0.05, 0) is 151 Å². The average molecular weight is 1140 g/mol. The van der Waals surface area contributed by atoms with Crippen LogP contribution in [-0.4, -0.2) is 6.71 Å². The number of fused-ring (bicyclic) bond motifs is 10. The van der Waals surface area contributed by atoms with Gasteiger partial charge < -0.3 is 9.80 Å². The summed E-state index contributed by atoms with van der Waals surface area (Å²) in [6.07, 6.45) is 0. The molecule has 0 saturated heterocycles. The molecule has 0 aromatic heterocycles. The quantitative estimate of drug-likeness (QED) is 0.111. The maximum atomic E-state index is 11.3. The lowest BCUT2D eigenvalue weighted by molar-refractivity contribution is 0.590. The predicted molar refractivity (Wildman–Crippen MR) is 382 cm³/mol. The lowest BCUT2D eigenvalue weighted by atomic mass is 9.33. The van der Waals surface area contributed by atoms with Crippen LogP contribution in [0.1, 0.15) is 29.1 Å². The summed E-state index contributed by atoms with van der Waals surface area (Å²) in [4.78, 5) is 4.92. The third kappa shape index (κ3) is 8.71. The summed E-state index contributed by atoms with van der Waals surface area (Å²) >= 11 is 0. The number of rotatable bonds is 8. The molecule has 89 heavy (non-hydrogen) atoms. The minimum absolute atomic E-state index is 0.345. The summed E-state index contributed by atoms with van der Waals surface area (Å²) in [6, 6.07) is 111. The summed E-state index contributed by atoms with van der Waals surface area (Å²) < 4.78 is 22.6. The third-order valence-corrected chi connectivity index (χ3v) is 18.7. The van der Waals surface area contributed by atoms with Crippen LogP contribution in [0.3, 0.4) is 0 Å². The van der Waals surface area contributed by atoms with Crippen molar-refractivity contribution in [2.24, 2.45) is 0 Å². The second-order valence-electron chi connectivity index (χ2n) is 24.9. The Hall–Kier alpha value is -11.0. The van der Waals surface area contributed by atoms with Crippen LogP contribution in [0.4, 0.5) is 34.1 Å². The molecule has 15 aromatic carbocycles. The molecule has 2 heterocycles. The van der Waals surface area contributed by atoms with Crippen LogP contribution in [0.2, 0.25) is 0 Å². The lowest BCUT2D eigenvalue weighted by Gasteiger charge is -2.46. The molecule has 17 rings (SSSR count). The van der Waals surface area contributed by atoms with E-state index >= 15 is 0 Å². The molecule has 2 aliphatic heterocycles. The van der Waals surface area contributed by atoms with Gasteiger partial charge in [0.2, 0.25) is 0 Å². The van der Waals surface area contributed by atoms with Crippen molar-refractivity contribution in [2.45, 2.75) is 26.2 Å². The van der Waals surface area contributed by atoms with Crippen molar-refractivity contribution in [1.82, 2.24) is 0 Å². The molecule has 15 aromatic rings. The van der Waals surface area contributed by atoms with Crippen LogP contribution in [0.5, 0.6) is 0 Å². The standard InChI is InChI=1S/C86H61BN2/c1-86(2,3)68-54-81-83-82(55-68)89(85-72(59-28-14-7-15-29-59)35-21-37-74(85)67-45-43-63-41-39-61-31-17-19-33-70(61)76(63)51-67)80-49-47-65(57-24-10-5-11-25-57)53-78(80)87(83)77-52-64(56-22-8-4-9-23-56)46-48-79(77)88(81)84-71(58-26-12-6-13-27-58)34-20-36-73(84)66-44-42-62-40-38-60-30-16-18-32-69(60)75(62)50-66/h4-55H,1-3H3/i54D,55D. The highest BCUT2D eigenvalue weighted by Crippen LogP contribution is 2.54. The normalized spacial score (nSPS) is 12.9. The molecular formula is C86H61BN2. The minimum Gasteiger partial charge on any atom is -0.310 e. The smallest absolute Gasteiger partial charge is 0.252 e. The first-order chi connectivity index (χ1) is 44.6. The Balaban J connectivity index is 1.05. The Morgan fingerprint density at radius 3 is 1.02 bits per heavy atom. The molecule has 2 aliphatic rings. The monoisotopic (exact) mass is 1130 g/mol. The zero-order chi connectivity index (χ0) is 61.1. The van der Waals surface area contributed by atoms with Gasteiger partial charge in [-0.1, -0.05) is 300 Å². The number of hydrogen-bond acceptors (Lipinski definition) is 2. The average Bonchev–Trinajstić information content (AvgIpc) is 0.684. The number of anilines is 6. The van der Waals surface area contributed by atoms with E-state index in [1.165, 1.54) is 43.1 Å². The summed E-state index contributed by atoms with van der Waals surface area (Å²) in [7, 11) is 0. The van der Waals surface area contributed by atoms with Crippen molar-refractivity contribution in [1.29, 1.82) is 0 Å². The van der Waals surface area contributed by atoms with Crippen LogP contribution >= 0.6 is 0 Å². The number of hydrogen-bond donors (Lipinski definition) is 0. The van der Waals surface area contributed by atoms with Gasteiger partial charge in [-0.2, -0.15) is 0 Å². The van der Waals surface area contributed by atoms with Crippen molar-refractivity contribution in [2.75, 3.05) is 9.80 Å². The molecule has 0 aliphatic carbocycles. The highest BCUT2D eigenvalue weighted by atomic mass is 15.2. The fourth-order valence-electron chi connectivity index (χ4n) is 14.4. The van der Waals surface area contributed by atoms with Crippen LogP contribution in [0.15, 0.2) is 315 Å². The van der Waals surface area contributed by atoms with Gasteiger partial charge in [0.15, 0.2) is 0 Å². The Morgan fingerprint density at radius 1 is 0.281 bits per heavy atom. The minimum atomic E-state index is -0.663. The maximum absolute atomic E-state index is 11.3. The molecule has 0 unspecified atom stereocenters. The summed E-state index contributed by atoms with van der Waals surface area (Å²) in [5, 5.41) is 9.49. The number of nitrogens with zero attached hydrogens (tertiary/aromatic N) is 2. The van der Waals surface area contributed by atoms with Gasteiger partial charge in [-0.25, -0.2) is 0 Å². The fraction of sp³-hybridized carbons (Fsp3) is 0.0465. The van der Waals surface area contributed by atoms with E-state index in [4.69, 9.17) is 0 Å². The second kappa shape index (κ2) is 20.9. The molecule has 0 bridgehead atoms. The molecule has 2 nitrogen and oxygen atoms in total. The van der Waals surface area contributed by atoms with E-state index in [-0.39, 0.29) is 0 Å². The first-order valence-electron chi connectivity index (χ1n) is 32.0. The van der Waals surface area contributed by atoms with Crippen LogP contribution in [0, 0.1) is 0 Å². The molecule has 0 spiro atoms. The second-order valence-corrected chi connectivity index (χ2v) is 24.9. The lowest BCUT2D eigenvalue weighted by Crippen LogP contribution is -2.61. The molecule has 0 saturated carbocycles. The SMILES string of the molecule is [2H]c1c2c3c(c([2H])c1C(C)(C)C)N(c1c(-c4ccccc4)cccc1-c1ccc4ccc5ccccc5c4c1)c1ccc(-c4ccccc4)cc1B3c1cc(-c3ccccc3)ccc1N2c1c(-c2ccccc2)cccc1-c1ccc2ccc3ccccc3c2c1. The van der Waals surface area contributed by atoms with Crippen molar-refractivity contribution in [3.05, 3.63) is 321 Å². The molecule has 0 atom stereocenters. The van der Waals surface area contributed by atoms with Gasteiger partial charge in [0.1, 0.15) is 0 Å². The van der Waals surface area contributed by atoms with Crippen LogP contribution in [-0.2, 0) is 5.41 Å². The van der Waals surface area contributed by atoms with Gasteiger partial charge in [0.25, 0.3) is 6.71 Å². The zero-order valence-electron chi connectivity index (χ0n) is 51.8. The van der Waals surface area contributed by atoms with Crippen molar-refractivity contribution >= 4 is 100 Å². The van der Waals surface area contributed by atoms with Gasteiger partial charge in [-0.15, -0.1) is 0 Å². The predicted octanol–water partition coefficient (Wildman–Crippen LogP) is 21.7. The summed E-state index contributed by atoms with van der Waals surface area (Å²) in [6.45, 7) is 6.11. The van der Waals surface area contributed by atoms with Crippen molar-refractivity contribution in [3.63, 3.8) is 0 Å². The molecule has 0 amide bonds. The Bertz CT molecular complexity index is 5100. The van der Waals surface area contributed by atoms with Gasteiger partial charge in [-0.3, -0.25) is 0 Å². The summed E-state index contributed by atoms with van der Waals surface area (Å²) in [5.41, 5.74) is 21.4. The Kier molecular flexibility index (Phi) is 11.8. The molecule has 0 fully saturated rings. The first kappa shape index (κ1) is 50.2. The number of benzene rings is 15. The van der Waals surface area contributed by atoms with Crippen LogP contribution in [0.25, 0.3) is 110 Å². The number of para-hydroxylation sites is 2. The highest BCUT2D eigenvalue weighted by Gasteiger charge is 2.46. The van der Waals surface area contributed by atoms with E-state index in [0.717, 1.165) is 117 Å². The van der Waals surface area contributed by atoms with E-state index in [2.05, 4.69) is 334 Å².